The molecule has 0 fully saturated rings. The van der Waals surface area contributed by atoms with Gasteiger partial charge in [0.05, 0.1) is 11.7 Å². The number of rotatable bonds is 5. The van der Waals surface area contributed by atoms with Gasteiger partial charge in [-0.15, -0.1) is 0 Å². The van der Waals surface area contributed by atoms with Crippen molar-refractivity contribution < 1.29 is 19.1 Å². The molecule has 0 radical (unpaired) electrons. The highest BCUT2D eigenvalue weighted by Gasteiger charge is 2.28. The van der Waals surface area contributed by atoms with E-state index in [1.165, 1.54) is 5.56 Å². The third-order valence-corrected chi connectivity index (χ3v) is 6.41. The summed E-state index contributed by atoms with van der Waals surface area (Å²) in [6.45, 7) is 8.60. The smallest absolute Gasteiger partial charge is 0.257 e. The second-order valence-electron chi connectivity index (χ2n) is 9.12. The Kier molecular flexibility index (Phi) is 9.07. The van der Waals surface area contributed by atoms with Gasteiger partial charge < -0.3 is 19.7 Å². The number of carbonyl (C=O) groups excluding carboxylic acids is 2. The van der Waals surface area contributed by atoms with Crippen LogP contribution >= 0.6 is 0 Å². The summed E-state index contributed by atoms with van der Waals surface area (Å²) in [6, 6.07) is 15.8. The first-order valence-corrected chi connectivity index (χ1v) is 11.9. The molecule has 184 valence electrons. The average molecular weight is 468 g/mol. The van der Waals surface area contributed by atoms with Gasteiger partial charge >= 0.3 is 0 Å². The van der Waals surface area contributed by atoms with Gasteiger partial charge in [-0.1, -0.05) is 44.2 Å². The number of fused-ring (bicyclic) bond motifs is 1. The first-order chi connectivity index (χ1) is 16.3. The van der Waals surface area contributed by atoms with E-state index >= 15 is 0 Å². The van der Waals surface area contributed by atoms with Gasteiger partial charge in [-0.2, -0.15) is 0 Å². The fourth-order valence-corrected chi connectivity index (χ4v) is 4.22. The molecule has 7 nitrogen and oxygen atoms in total. The Balaban J connectivity index is 1.93. The number of amides is 2. The molecule has 0 aromatic heterocycles. The lowest BCUT2D eigenvalue weighted by Crippen LogP contribution is -2.46. The van der Waals surface area contributed by atoms with Crippen molar-refractivity contribution in [3.8, 4) is 5.75 Å². The van der Waals surface area contributed by atoms with Crippen LogP contribution in [0.3, 0.4) is 0 Å². The fraction of sp³-hybridized carbons (Fsp3) is 0.481. The minimum atomic E-state index is -0.161. The van der Waals surface area contributed by atoms with Crippen LogP contribution in [-0.2, 0) is 16.1 Å². The van der Waals surface area contributed by atoms with Gasteiger partial charge in [0.2, 0.25) is 5.91 Å². The average Bonchev–Trinajstić information content (AvgIpc) is 2.85. The summed E-state index contributed by atoms with van der Waals surface area (Å²) in [5.41, 5.74) is 2.26. The van der Waals surface area contributed by atoms with Crippen LogP contribution < -0.4 is 10.1 Å². The van der Waals surface area contributed by atoms with E-state index < -0.39 is 0 Å². The molecule has 2 amide bonds. The zero-order chi connectivity index (χ0) is 24.7. The summed E-state index contributed by atoms with van der Waals surface area (Å²) in [5, 5.41) is 2.84. The van der Waals surface area contributed by atoms with Crippen LogP contribution in [0.5, 0.6) is 5.75 Å². The van der Waals surface area contributed by atoms with E-state index in [2.05, 4.69) is 48.3 Å². The van der Waals surface area contributed by atoms with Gasteiger partial charge in [-0.05, 0) is 36.6 Å². The lowest BCUT2D eigenvalue weighted by atomic mass is 10.0. The number of carbonyl (C=O) groups is 2. The van der Waals surface area contributed by atoms with Crippen LogP contribution in [0.1, 0.15) is 43.1 Å². The van der Waals surface area contributed by atoms with Crippen molar-refractivity contribution >= 4 is 17.5 Å². The topological polar surface area (TPSA) is 71.1 Å². The van der Waals surface area contributed by atoms with E-state index in [9.17, 15) is 9.59 Å². The lowest BCUT2D eigenvalue weighted by Gasteiger charge is -2.36. The van der Waals surface area contributed by atoms with Crippen LogP contribution in [0, 0.1) is 5.92 Å². The molecule has 2 aromatic rings. The third kappa shape index (κ3) is 6.58. The molecule has 1 aliphatic rings. The molecule has 1 aliphatic heterocycles. The largest absolute Gasteiger partial charge is 0.491 e. The number of nitrogens with one attached hydrogen (secondary N) is 1. The molecule has 7 heteroatoms. The van der Waals surface area contributed by atoms with Crippen molar-refractivity contribution in [2.24, 2.45) is 5.92 Å². The van der Waals surface area contributed by atoms with Crippen LogP contribution in [0.15, 0.2) is 48.5 Å². The normalized spacial score (nSPS) is 22.2. The quantitative estimate of drug-likeness (QED) is 0.719. The minimum Gasteiger partial charge on any atom is -0.491 e. The first kappa shape index (κ1) is 25.7. The number of ether oxygens (including phenoxy) is 2. The van der Waals surface area contributed by atoms with Crippen molar-refractivity contribution in [3.63, 3.8) is 0 Å². The van der Waals surface area contributed by atoms with E-state index in [0.717, 1.165) is 13.1 Å². The Morgan fingerprint density at radius 3 is 2.56 bits per heavy atom. The maximum absolute atomic E-state index is 13.4. The fourth-order valence-electron chi connectivity index (χ4n) is 4.22. The molecular formula is C27H37N3O4. The second kappa shape index (κ2) is 12.0. The summed E-state index contributed by atoms with van der Waals surface area (Å²) < 4.78 is 12.0. The molecule has 1 heterocycles. The molecule has 0 aliphatic carbocycles. The summed E-state index contributed by atoms with van der Waals surface area (Å²) in [6.07, 6.45) is 0.245. The van der Waals surface area contributed by atoms with E-state index in [4.69, 9.17) is 9.47 Å². The van der Waals surface area contributed by atoms with Crippen molar-refractivity contribution in [2.75, 3.05) is 39.2 Å². The van der Waals surface area contributed by atoms with Gasteiger partial charge in [0.25, 0.3) is 5.91 Å². The van der Waals surface area contributed by atoms with Crippen LogP contribution in [0.25, 0.3) is 0 Å². The predicted molar refractivity (Wildman–Crippen MR) is 134 cm³/mol. The molecule has 1 N–H and O–H groups in total. The summed E-state index contributed by atoms with van der Waals surface area (Å²) in [4.78, 5) is 29.4. The predicted octanol–water partition coefficient (Wildman–Crippen LogP) is 4.04. The summed E-state index contributed by atoms with van der Waals surface area (Å²) >= 11 is 0. The van der Waals surface area contributed by atoms with E-state index in [1.807, 2.05) is 6.07 Å². The molecule has 0 unspecified atom stereocenters. The van der Waals surface area contributed by atoms with E-state index in [-0.39, 0.29) is 29.9 Å². The molecular weight excluding hydrogens is 430 g/mol. The number of anilines is 1. The number of methoxy groups -OCH3 is 1. The van der Waals surface area contributed by atoms with Gasteiger partial charge in [0.1, 0.15) is 12.4 Å². The third-order valence-electron chi connectivity index (χ3n) is 6.41. The first-order valence-electron chi connectivity index (χ1n) is 11.9. The molecule has 0 saturated heterocycles. The maximum Gasteiger partial charge on any atom is 0.257 e. The second-order valence-corrected chi connectivity index (χ2v) is 9.12. The molecule has 0 spiro atoms. The highest BCUT2D eigenvalue weighted by molar-refractivity contribution is 5.99. The number of hydrogen-bond acceptors (Lipinski definition) is 5. The molecule has 34 heavy (non-hydrogen) atoms. The van der Waals surface area contributed by atoms with Crippen molar-refractivity contribution in [3.05, 3.63) is 59.7 Å². The van der Waals surface area contributed by atoms with Crippen LogP contribution in [0.4, 0.5) is 5.69 Å². The van der Waals surface area contributed by atoms with Gasteiger partial charge in [0.15, 0.2) is 0 Å². The van der Waals surface area contributed by atoms with Gasteiger partial charge in [-0.3, -0.25) is 14.5 Å². The lowest BCUT2D eigenvalue weighted by molar-refractivity contribution is -0.115. The Hall–Kier alpha value is -2.90. The molecule has 3 atom stereocenters. The number of nitrogens with zero attached hydrogens (tertiary/aromatic N) is 2. The van der Waals surface area contributed by atoms with Gasteiger partial charge in [-0.25, -0.2) is 0 Å². The number of benzene rings is 2. The maximum atomic E-state index is 13.4. The molecule has 0 saturated carbocycles. The molecule has 0 bridgehead atoms. The van der Waals surface area contributed by atoms with E-state index in [0.29, 0.717) is 36.6 Å². The Labute approximate surface area is 203 Å². The Bertz CT molecular complexity index is 966. The van der Waals surface area contributed by atoms with Crippen molar-refractivity contribution in [2.45, 2.75) is 45.9 Å². The van der Waals surface area contributed by atoms with Crippen molar-refractivity contribution in [1.29, 1.82) is 0 Å². The van der Waals surface area contributed by atoms with Crippen molar-refractivity contribution in [1.82, 2.24) is 9.80 Å². The Morgan fingerprint density at radius 1 is 1.15 bits per heavy atom. The van der Waals surface area contributed by atoms with Crippen LogP contribution in [-0.4, -0.2) is 67.6 Å². The number of likely N-dealkylation sites (N-methyl/N-ethyl adjacent to an activating group) is 1. The zero-order valence-corrected chi connectivity index (χ0v) is 20.9. The standard InChI is InChI=1S/C27H37N3O4/c1-6-26(31)28-22-12-13-24-23(14-22)27(32)29(4)17-25(33-5)19(2)15-30(20(3)18-34-24)16-21-10-8-7-9-11-21/h7-14,19-20,25H,6,15-18H2,1-5H3,(H,28,31)/t19-,20+,25+/m0/s1. The highest BCUT2D eigenvalue weighted by atomic mass is 16.5. The molecule has 3 rings (SSSR count). The highest BCUT2D eigenvalue weighted by Crippen LogP contribution is 2.27. The monoisotopic (exact) mass is 467 g/mol. The van der Waals surface area contributed by atoms with Gasteiger partial charge in [0, 0.05) is 51.9 Å². The van der Waals surface area contributed by atoms with E-state index in [1.54, 1.807) is 44.2 Å². The number of hydrogen-bond donors (Lipinski definition) is 1. The van der Waals surface area contributed by atoms with Crippen LogP contribution in [0.2, 0.25) is 0 Å². The Morgan fingerprint density at radius 2 is 1.88 bits per heavy atom. The zero-order valence-electron chi connectivity index (χ0n) is 20.9. The summed E-state index contributed by atoms with van der Waals surface area (Å²) in [7, 11) is 3.48. The minimum absolute atomic E-state index is 0.103. The SMILES string of the molecule is CCC(=O)Nc1ccc2c(c1)C(=O)N(C)C[C@@H](OC)[C@@H](C)CN(Cc1ccccc1)[C@H](C)CO2. The summed E-state index contributed by atoms with van der Waals surface area (Å²) in [5.74, 6) is 0.445. The molecule has 2 aromatic carbocycles.